The predicted octanol–water partition coefficient (Wildman–Crippen LogP) is 4.18. The third-order valence-corrected chi connectivity index (χ3v) is 3.42. The zero-order chi connectivity index (χ0) is 12.5. The number of hydrogen-bond donors (Lipinski definition) is 0. The lowest BCUT2D eigenvalue weighted by Crippen LogP contribution is -2.02. The molecule has 2 fully saturated rings. The molecule has 0 N–H and O–H groups in total. The van der Waals surface area contributed by atoms with E-state index in [4.69, 9.17) is 4.74 Å². The van der Waals surface area contributed by atoms with Crippen molar-refractivity contribution in [3.63, 3.8) is 0 Å². The summed E-state index contributed by atoms with van der Waals surface area (Å²) >= 11 is 0. The Morgan fingerprint density at radius 3 is 2.56 bits per heavy atom. The molecule has 1 aromatic carbocycles. The second-order valence-corrected chi connectivity index (χ2v) is 5.23. The quantitative estimate of drug-likeness (QED) is 0.761. The summed E-state index contributed by atoms with van der Waals surface area (Å²) in [7, 11) is 0. The van der Waals surface area contributed by atoms with E-state index in [2.05, 4.69) is 0 Å². The summed E-state index contributed by atoms with van der Waals surface area (Å²) in [5.74, 6) is -0.558. The van der Waals surface area contributed by atoms with Gasteiger partial charge in [-0.2, -0.15) is 4.39 Å². The van der Waals surface area contributed by atoms with Crippen molar-refractivity contribution < 1.29 is 13.5 Å². The van der Waals surface area contributed by atoms with E-state index in [1.54, 1.807) is 12.1 Å². The van der Waals surface area contributed by atoms with Gasteiger partial charge in [0.15, 0.2) is 11.6 Å². The normalized spacial score (nSPS) is 19.4. The van der Waals surface area contributed by atoms with Gasteiger partial charge in [-0.25, -0.2) is 4.39 Å². The van der Waals surface area contributed by atoms with Crippen molar-refractivity contribution >= 4 is 6.08 Å². The molecule has 0 unspecified atom stereocenters. The summed E-state index contributed by atoms with van der Waals surface area (Å²) in [5.41, 5.74) is 0.304. The first kappa shape index (κ1) is 11.7. The van der Waals surface area contributed by atoms with Crippen LogP contribution in [0.5, 0.6) is 5.75 Å². The first-order chi connectivity index (χ1) is 8.74. The van der Waals surface area contributed by atoms with Gasteiger partial charge < -0.3 is 4.74 Å². The minimum Gasteiger partial charge on any atom is -0.490 e. The molecule has 0 aliphatic heterocycles. The fourth-order valence-corrected chi connectivity index (χ4v) is 1.81. The molecule has 0 saturated heterocycles. The molecular weight excluding hydrogens is 234 g/mol. The van der Waals surface area contributed by atoms with Crippen molar-refractivity contribution in [2.24, 2.45) is 11.8 Å². The fourth-order valence-electron chi connectivity index (χ4n) is 1.81. The number of halogens is 2. The molecule has 2 saturated carbocycles. The van der Waals surface area contributed by atoms with Gasteiger partial charge in [-0.3, -0.25) is 0 Å². The van der Waals surface area contributed by atoms with Crippen molar-refractivity contribution in [2.75, 3.05) is 6.61 Å². The smallest absolute Gasteiger partial charge is 0.201 e. The molecule has 3 rings (SSSR count). The van der Waals surface area contributed by atoms with Crippen molar-refractivity contribution in [2.45, 2.75) is 25.7 Å². The molecule has 1 aromatic rings. The maximum Gasteiger partial charge on any atom is 0.201 e. The van der Waals surface area contributed by atoms with Gasteiger partial charge in [-0.05, 0) is 49.7 Å². The topological polar surface area (TPSA) is 9.23 Å². The maximum absolute atomic E-state index is 13.8. The number of hydrogen-bond acceptors (Lipinski definition) is 1. The number of benzene rings is 1. The minimum atomic E-state index is -0.867. The van der Waals surface area contributed by atoms with Crippen LogP contribution in [0.3, 0.4) is 0 Å². The van der Waals surface area contributed by atoms with Crippen LogP contribution in [-0.4, -0.2) is 6.61 Å². The van der Waals surface area contributed by atoms with Gasteiger partial charge in [0.05, 0.1) is 6.61 Å². The van der Waals surface area contributed by atoms with Crippen molar-refractivity contribution in [1.82, 2.24) is 0 Å². The number of allylic oxidation sites excluding steroid dienone is 1. The molecule has 0 bridgehead atoms. The minimum absolute atomic E-state index is 0.0305. The highest BCUT2D eigenvalue weighted by Gasteiger charge is 2.23. The molecule has 0 amide bonds. The van der Waals surface area contributed by atoms with Crippen molar-refractivity contribution in [1.29, 1.82) is 0 Å². The third kappa shape index (κ3) is 2.71. The lowest BCUT2D eigenvalue weighted by atomic mass is 10.1. The SMILES string of the molecule is Fc1c(/C=C/C2CC2)ccc(OCC2CC2)c1F. The summed E-state index contributed by atoms with van der Waals surface area (Å²) in [6, 6.07) is 3.10. The van der Waals surface area contributed by atoms with Crippen LogP contribution in [0.1, 0.15) is 31.2 Å². The highest BCUT2D eigenvalue weighted by Crippen LogP contribution is 2.33. The zero-order valence-electron chi connectivity index (χ0n) is 10.2. The molecule has 0 radical (unpaired) electrons. The Kier molecular flexibility index (Phi) is 3.06. The van der Waals surface area contributed by atoms with Gasteiger partial charge in [0, 0.05) is 5.56 Å². The van der Waals surface area contributed by atoms with Crippen molar-refractivity contribution in [3.05, 3.63) is 35.4 Å². The lowest BCUT2D eigenvalue weighted by Gasteiger charge is -2.08. The zero-order valence-corrected chi connectivity index (χ0v) is 10.2. The maximum atomic E-state index is 13.8. The Hall–Kier alpha value is -1.38. The van der Waals surface area contributed by atoms with Crippen LogP contribution in [0.2, 0.25) is 0 Å². The Morgan fingerprint density at radius 1 is 1.11 bits per heavy atom. The molecular formula is C15H16F2O. The molecule has 2 aliphatic rings. The van der Waals surface area contributed by atoms with Crippen LogP contribution >= 0.6 is 0 Å². The van der Waals surface area contributed by atoms with E-state index in [1.165, 1.54) is 6.07 Å². The molecule has 0 spiro atoms. The van der Waals surface area contributed by atoms with Gasteiger partial charge in [0.2, 0.25) is 5.82 Å². The monoisotopic (exact) mass is 250 g/mol. The molecule has 18 heavy (non-hydrogen) atoms. The summed E-state index contributed by atoms with van der Waals surface area (Å²) in [4.78, 5) is 0. The van der Waals surface area contributed by atoms with Crippen molar-refractivity contribution in [3.8, 4) is 5.75 Å². The third-order valence-electron chi connectivity index (χ3n) is 3.42. The molecule has 0 heterocycles. The van der Waals surface area contributed by atoms with Gasteiger partial charge >= 0.3 is 0 Å². The van der Waals surface area contributed by atoms with Crippen LogP contribution in [0.15, 0.2) is 18.2 Å². The molecule has 3 heteroatoms. The van der Waals surface area contributed by atoms with Crippen LogP contribution in [-0.2, 0) is 0 Å². The largest absolute Gasteiger partial charge is 0.490 e. The van der Waals surface area contributed by atoms with Gasteiger partial charge in [0.1, 0.15) is 0 Å². The van der Waals surface area contributed by atoms with E-state index >= 15 is 0 Å². The van der Waals surface area contributed by atoms with Gasteiger partial charge in [-0.1, -0.05) is 12.2 Å². The van der Waals surface area contributed by atoms with E-state index in [9.17, 15) is 8.78 Å². The Bertz CT molecular complexity index is 474. The summed E-state index contributed by atoms with van der Waals surface area (Å²) in [6.07, 6.45) is 8.19. The Morgan fingerprint density at radius 2 is 1.89 bits per heavy atom. The summed E-state index contributed by atoms with van der Waals surface area (Å²) in [6.45, 7) is 0.494. The van der Waals surface area contributed by atoms with E-state index in [0.29, 0.717) is 24.0 Å². The van der Waals surface area contributed by atoms with E-state index in [1.807, 2.05) is 6.08 Å². The molecule has 1 nitrogen and oxygen atoms in total. The van der Waals surface area contributed by atoms with Crippen LogP contribution in [0.25, 0.3) is 6.08 Å². The molecule has 0 aromatic heterocycles. The van der Waals surface area contributed by atoms with Gasteiger partial charge in [0.25, 0.3) is 0 Å². The lowest BCUT2D eigenvalue weighted by molar-refractivity contribution is 0.280. The van der Waals surface area contributed by atoms with Crippen LogP contribution in [0, 0.1) is 23.5 Å². The fraction of sp³-hybridized carbons (Fsp3) is 0.467. The van der Waals surface area contributed by atoms with Crippen LogP contribution < -0.4 is 4.74 Å². The predicted molar refractivity (Wildman–Crippen MR) is 66.3 cm³/mol. The first-order valence-corrected chi connectivity index (χ1v) is 6.53. The second kappa shape index (κ2) is 4.71. The Balaban J connectivity index is 1.73. The Labute approximate surface area is 105 Å². The summed E-state index contributed by atoms with van der Waals surface area (Å²) < 4.78 is 32.8. The second-order valence-electron chi connectivity index (χ2n) is 5.23. The summed E-state index contributed by atoms with van der Waals surface area (Å²) in [5, 5.41) is 0. The number of rotatable bonds is 5. The highest BCUT2D eigenvalue weighted by molar-refractivity contribution is 5.52. The number of ether oxygens (including phenoxy) is 1. The first-order valence-electron chi connectivity index (χ1n) is 6.53. The van der Waals surface area contributed by atoms with E-state index in [-0.39, 0.29) is 5.75 Å². The molecule has 2 aliphatic carbocycles. The van der Waals surface area contributed by atoms with Crippen LogP contribution in [0.4, 0.5) is 8.78 Å². The van der Waals surface area contributed by atoms with Gasteiger partial charge in [-0.15, -0.1) is 0 Å². The highest BCUT2D eigenvalue weighted by atomic mass is 19.2. The molecule has 96 valence electrons. The average Bonchev–Trinajstić information content (AvgIpc) is 3.24. The average molecular weight is 250 g/mol. The van der Waals surface area contributed by atoms with E-state index < -0.39 is 11.6 Å². The van der Waals surface area contributed by atoms with E-state index in [0.717, 1.165) is 25.7 Å². The molecule has 0 atom stereocenters. The standard InChI is InChI=1S/C15H16F2O/c16-14-12(6-5-10-1-2-10)7-8-13(15(14)17)18-9-11-3-4-11/h5-8,10-11H,1-4,9H2/b6-5+.